The third kappa shape index (κ3) is 5.82. The number of ether oxygens (including phenoxy) is 2. The molecule has 3 aromatic carbocycles. The van der Waals surface area contributed by atoms with Gasteiger partial charge in [-0.1, -0.05) is 60.1 Å². The predicted octanol–water partition coefficient (Wildman–Crippen LogP) is 6.81. The lowest BCUT2D eigenvalue weighted by atomic mass is 9.66. The van der Waals surface area contributed by atoms with E-state index in [4.69, 9.17) is 26.1 Å². The van der Waals surface area contributed by atoms with Gasteiger partial charge >= 0.3 is 5.97 Å². The fourth-order valence-corrected chi connectivity index (χ4v) is 5.88. The summed E-state index contributed by atoms with van der Waals surface area (Å²) in [5.41, 5.74) is 4.46. The van der Waals surface area contributed by atoms with Gasteiger partial charge in [-0.15, -0.1) is 0 Å². The van der Waals surface area contributed by atoms with Gasteiger partial charge < -0.3 is 14.6 Å². The average molecular weight is 558 g/mol. The Labute approximate surface area is 239 Å². The van der Waals surface area contributed by atoms with Crippen LogP contribution in [-0.2, 0) is 20.7 Å². The highest BCUT2D eigenvalue weighted by molar-refractivity contribution is 6.30. The first kappa shape index (κ1) is 27.7. The zero-order valence-electron chi connectivity index (χ0n) is 22.6. The van der Waals surface area contributed by atoms with Gasteiger partial charge in [-0.05, 0) is 67.1 Å². The van der Waals surface area contributed by atoms with Gasteiger partial charge in [0, 0.05) is 35.2 Å². The number of rotatable bonds is 8. The Bertz CT molecular complexity index is 1460. The summed E-state index contributed by atoms with van der Waals surface area (Å²) in [5.74, 6) is -1.39. The van der Waals surface area contributed by atoms with Crippen LogP contribution in [0.15, 0.2) is 89.1 Å². The first-order valence-electron chi connectivity index (χ1n) is 13.6. The number of phenols is 1. The van der Waals surface area contributed by atoms with Crippen LogP contribution in [0.4, 0.5) is 0 Å². The van der Waals surface area contributed by atoms with Crippen molar-refractivity contribution in [1.29, 1.82) is 0 Å². The number of benzene rings is 3. The maximum Gasteiger partial charge on any atom is 0.336 e. The lowest BCUT2D eigenvalue weighted by Gasteiger charge is -2.38. The monoisotopic (exact) mass is 557 g/mol. The Hall–Kier alpha value is -3.90. The molecule has 1 aliphatic heterocycles. The number of allylic oxidation sites excluding steroid dienone is 1. The molecule has 1 heterocycles. The van der Waals surface area contributed by atoms with Gasteiger partial charge in [-0.3, -0.25) is 9.79 Å². The number of carbonyl (C=O) groups excluding carboxylic acids is 2. The number of aromatic hydroxyl groups is 1. The van der Waals surface area contributed by atoms with Crippen molar-refractivity contribution in [2.24, 2.45) is 10.9 Å². The summed E-state index contributed by atoms with van der Waals surface area (Å²) in [5, 5.41) is 11.0. The fourth-order valence-electron chi connectivity index (χ4n) is 5.75. The normalized spacial score (nSPS) is 20.5. The Morgan fingerprint density at radius 2 is 1.73 bits per heavy atom. The van der Waals surface area contributed by atoms with Crippen LogP contribution in [-0.4, -0.2) is 35.8 Å². The lowest BCUT2D eigenvalue weighted by Crippen LogP contribution is -2.41. The number of aliphatic imine (C=N–C) groups is 1. The quantitative estimate of drug-likeness (QED) is 0.308. The number of halogens is 1. The number of Topliss-reactive ketones (excluding diaryl/α,β-unsaturated/α-hetero) is 1. The van der Waals surface area contributed by atoms with Gasteiger partial charge in [-0.2, -0.15) is 0 Å². The maximum absolute atomic E-state index is 13.9. The third-order valence-corrected chi connectivity index (χ3v) is 7.88. The van der Waals surface area contributed by atoms with Crippen molar-refractivity contribution in [3.05, 3.63) is 106 Å². The van der Waals surface area contributed by atoms with E-state index in [1.54, 1.807) is 25.1 Å². The van der Waals surface area contributed by atoms with Gasteiger partial charge in [0.25, 0.3) is 0 Å². The largest absolute Gasteiger partial charge is 0.504 e. The van der Waals surface area contributed by atoms with Crippen molar-refractivity contribution >= 4 is 29.1 Å². The van der Waals surface area contributed by atoms with Crippen molar-refractivity contribution in [3.8, 4) is 11.5 Å². The van der Waals surface area contributed by atoms with Crippen LogP contribution in [0.25, 0.3) is 0 Å². The highest BCUT2D eigenvalue weighted by atomic mass is 35.5. The van der Waals surface area contributed by atoms with E-state index < -0.39 is 17.8 Å². The molecule has 1 aliphatic carbocycles. The molecular weight excluding hydrogens is 526 g/mol. The van der Waals surface area contributed by atoms with Crippen LogP contribution in [0.2, 0.25) is 5.02 Å². The SMILES string of the molecule is CCOc1cc([C@H]2C(C(=O)OCCc3ccccc3)=C(C)N=C3C[C@H](c4ccc(Cl)cc4)CC(=O)C32)ccc1O. The number of carbonyl (C=O) groups is 2. The first-order valence-corrected chi connectivity index (χ1v) is 14.0. The molecule has 7 heteroatoms. The number of esters is 1. The molecule has 206 valence electrons. The van der Waals surface area contributed by atoms with Crippen LogP contribution in [0.5, 0.6) is 11.5 Å². The average Bonchev–Trinajstić information content (AvgIpc) is 2.94. The molecule has 1 saturated carbocycles. The summed E-state index contributed by atoms with van der Waals surface area (Å²) in [4.78, 5) is 32.3. The van der Waals surface area contributed by atoms with E-state index >= 15 is 0 Å². The molecule has 3 aromatic rings. The summed E-state index contributed by atoms with van der Waals surface area (Å²) in [6, 6.07) is 22.4. The summed E-state index contributed by atoms with van der Waals surface area (Å²) in [6.45, 7) is 4.20. The van der Waals surface area contributed by atoms with E-state index in [1.165, 1.54) is 0 Å². The van der Waals surface area contributed by atoms with Gasteiger partial charge in [0.05, 0.1) is 24.7 Å². The number of ketones is 1. The minimum Gasteiger partial charge on any atom is -0.504 e. The number of nitrogens with zero attached hydrogens (tertiary/aromatic N) is 1. The van der Waals surface area contributed by atoms with E-state index in [0.717, 1.165) is 16.8 Å². The standard InChI is InChI=1S/C33H32ClNO5/c1-3-39-29-19-23(11-14-27(29)36)31-30(33(38)40-16-15-21-7-5-4-6-8-21)20(2)35-26-17-24(18-28(37)32(26)31)22-9-12-25(34)13-10-22/h4-14,19,24,31-32,36H,3,15-18H2,1-2H3/t24-,31-,32?/m0/s1. The Balaban J connectivity index is 1.50. The van der Waals surface area contributed by atoms with Gasteiger partial charge in [-0.25, -0.2) is 4.79 Å². The molecule has 1 unspecified atom stereocenters. The second kappa shape index (κ2) is 12.1. The second-order valence-electron chi connectivity index (χ2n) is 10.2. The molecule has 1 fully saturated rings. The fraction of sp³-hybridized carbons (Fsp3) is 0.303. The molecule has 0 amide bonds. The highest BCUT2D eigenvalue weighted by Crippen LogP contribution is 2.47. The maximum atomic E-state index is 13.9. The second-order valence-corrected chi connectivity index (χ2v) is 10.6. The molecule has 5 rings (SSSR count). The topological polar surface area (TPSA) is 85.2 Å². The van der Waals surface area contributed by atoms with Crippen LogP contribution in [0, 0.1) is 5.92 Å². The van der Waals surface area contributed by atoms with Crippen LogP contribution >= 0.6 is 11.6 Å². The van der Waals surface area contributed by atoms with Crippen molar-refractivity contribution in [2.75, 3.05) is 13.2 Å². The Kier molecular flexibility index (Phi) is 8.36. The third-order valence-electron chi connectivity index (χ3n) is 7.63. The molecule has 0 spiro atoms. The van der Waals surface area contributed by atoms with Gasteiger partial charge in [0.15, 0.2) is 11.5 Å². The summed E-state index contributed by atoms with van der Waals surface area (Å²) < 4.78 is 11.4. The van der Waals surface area contributed by atoms with E-state index in [1.807, 2.05) is 61.5 Å². The van der Waals surface area contributed by atoms with Crippen LogP contribution in [0.3, 0.4) is 0 Å². The van der Waals surface area contributed by atoms with E-state index in [2.05, 4.69) is 0 Å². The molecule has 3 atom stereocenters. The van der Waals surface area contributed by atoms with Crippen molar-refractivity contribution in [1.82, 2.24) is 0 Å². The van der Waals surface area contributed by atoms with Crippen molar-refractivity contribution in [3.63, 3.8) is 0 Å². The molecule has 0 saturated heterocycles. The highest BCUT2D eigenvalue weighted by Gasteiger charge is 2.46. The van der Waals surface area contributed by atoms with Gasteiger partial charge in [0.2, 0.25) is 0 Å². The number of fused-ring (bicyclic) bond motifs is 1. The summed E-state index contributed by atoms with van der Waals surface area (Å²) in [7, 11) is 0. The predicted molar refractivity (Wildman–Crippen MR) is 155 cm³/mol. The minimum atomic E-state index is -0.608. The van der Waals surface area contributed by atoms with Crippen molar-refractivity contribution in [2.45, 2.75) is 44.9 Å². The Morgan fingerprint density at radius 3 is 2.45 bits per heavy atom. The lowest BCUT2D eigenvalue weighted by molar-refractivity contribution is -0.139. The van der Waals surface area contributed by atoms with Gasteiger partial charge in [0.1, 0.15) is 5.78 Å². The number of phenolic OH excluding ortho intramolecular Hbond substituents is 1. The first-order chi connectivity index (χ1) is 19.4. The smallest absolute Gasteiger partial charge is 0.336 e. The van der Waals surface area contributed by atoms with E-state index in [0.29, 0.717) is 53.5 Å². The zero-order chi connectivity index (χ0) is 28.2. The summed E-state index contributed by atoms with van der Waals surface area (Å²) in [6.07, 6.45) is 1.50. The molecule has 40 heavy (non-hydrogen) atoms. The zero-order valence-corrected chi connectivity index (χ0v) is 23.4. The molecular formula is C33H32ClNO5. The number of hydrogen-bond acceptors (Lipinski definition) is 6. The van der Waals surface area contributed by atoms with E-state index in [-0.39, 0.29) is 24.1 Å². The molecule has 0 radical (unpaired) electrons. The Morgan fingerprint density at radius 1 is 1.00 bits per heavy atom. The minimum absolute atomic E-state index is 0.000706. The van der Waals surface area contributed by atoms with Crippen LogP contribution in [0.1, 0.15) is 55.2 Å². The van der Waals surface area contributed by atoms with E-state index in [9.17, 15) is 14.7 Å². The molecule has 0 bridgehead atoms. The molecule has 1 N–H and O–H groups in total. The molecule has 2 aliphatic rings. The number of hydrogen-bond donors (Lipinski definition) is 1. The molecule has 6 nitrogen and oxygen atoms in total. The molecule has 0 aromatic heterocycles. The van der Waals surface area contributed by atoms with Crippen molar-refractivity contribution < 1.29 is 24.2 Å². The summed E-state index contributed by atoms with van der Waals surface area (Å²) >= 11 is 6.09. The van der Waals surface area contributed by atoms with Crippen LogP contribution < -0.4 is 4.74 Å².